The molecular weight excluding hydrogens is 284 g/mol. The molecule has 1 saturated heterocycles. The fourth-order valence-corrected chi connectivity index (χ4v) is 4.89. The van der Waals surface area contributed by atoms with Gasteiger partial charge in [0.1, 0.15) is 0 Å². The molecule has 0 aliphatic carbocycles. The van der Waals surface area contributed by atoms with Crippen molar-refractivity contribution in [3.8, 4) is 0 Å². The first-order valence-corrected chi connectivity index (χ1v) is 9.26. The van der Waals surface area contributed by atoms with E-state index in [2.05, 4.69) is 12.2 Å². The minimum atomic E-state index is -3.36. The molecule has 1 aromatic rings. The van der Waals surface area contributed by atoms with Gasteiger partial charge in [-0.3, -0.25) is 0 Å². The number of sulfonamides is 1. The largest absolute Gasteiger partial charge is 0.385 e. The van der Waals surface area contributed by atoms with Gasteiger partial charge in [-0.2, -0.15) is 4.31 Å². The summed E-state index contributed by atoms with van der Waals surface area (Å²) in [5.74, 6) is 0. The Hall–Kier alpha value is -1.07. The number of nitrogens with zero attached hydrogens (tertiary/aromatic N) is 1. The topological polar surface area (TPSA) is 49.4 Å². The number of aryl methyl sites for hydroxylation is 2. The summed E-state index contributed by atoms with van der Waals surface area (Å²) >= 11 is 0. The Balaban J connectivity index is 2.34. The molecule has 0 radical (unpaired) electrons. The first-order chi connectivity index (χ1) is 9.96. The van der Waals surface area contributed by atoms with Crippen molar-refractivity contribution in [2.24, 2.45) is 0 Å². The van der Waals surface area contributed by atoms with E-state index < -0.39 is 10.0 Å². The second-order valence-corrected chi connectivity index (χ2v) is 7.71. The Morgan fingerprint density at radius 3 is 2.19 bits per heavy atom. The van der Waals surface area contributed by atoms with Crippen LogP contribution in [0.15, 0.2) is 17.0 Å². The van der Waals surface area contributed by atoms with Crippen LogP contribution >= 0.6 is 0 Å². The normalized spacial score (nSPS) is 16.9. The van der Waals surface area contributed by atoms with Crippen LogP contribution in [0.2, 0.25) is 0 Å². The van der Waals surface area contributed by atoms with Gasteiger partial charge in [0.2, 0.25) is 10.0 Å². The Morgan fingerprint density at radius 1 is 1.10 bits per heavy atom. The summed E-state index contributed by atoms with van der Waals surface area (Å²) in [7, 11) is -3.36. The van der Waals surface area contributed by atoms with E-state index in [9.17, 15) is 8.42 Å². The van der Waals surface area contributed by atoms with Gasteiger partial charge in [-0.15, -0.1) is 0 Å². The molecule has 4 nitrogen and oxygen atoms in total. The van der Waals surface area contributed by atoms with Gasteiger partial charge in [-0.25, -0.2) is 8.42 Å². The average Bonchev–Trinajstić information content (AvgIpc) is 2.45. The molecular formula is C16H26N2O2S. The number of hydrogen-bond donors (Lipinski definition) is 1. The molecule has 0 amide bonds. The second-order valence-electron chi connectivity index (χ2n) is 5.83. The van der Waals surface area contributed by atoms with Crippen molar-refractivity contribution in [3.63, 3.8) is 0 Å². The molecule has 0 aromatic heterocycles. The van der Waals surface area contributed by atoms with Crippen molar-refractivity contribution in [3.05, 3.63) is 23.3 Å². The van der Waals surface area contributed by atoms with Crippen molar-refractivity contribution in [1.82, 2.24) is 4.31 Å². The van der Waals surface area contributed by atoms with Gasteiger partial charge in [-0.1, -0.05) is 13.3 Å². The molecule has 21 heavy (non-hydrogen) atoms. The highest BCUT2D eigenvalue weighted by molar-refractivity contribution is 7.89. The standard InChI is InChI=1S/C16H26N2O2S/c1-4-8-17-15-11-13(2)16(14(3)12-15)21(19,20)18-9-6-5-7-10-18/h11-12,17H,4-10H2,1-3H3. The smallest absolute Gasteiger partial charge is 0.243 e. The van der Waals surface area contributed by atoms with Crippen LogP contribution in [-0.2, 0) is 10.0 Å². The molecule has 2 rings (SSSR count). The van der Waals surface area contributed by atoms with E-state index in [1.165, 1.54) is 0 Å². The first kappa shape index (κ1) is 16.3. The highest BCUT2D eigenvalue weighted by atomic mass is 32.2. The van der Waals surface area contributed by atoms with Gasteiger partial charge in [0.05, 0.1) is 4.90 Å². The van der Waals surface area contributed by atoms with Crippen molar-refractivity contribution in [2.75, 3.05) is 25.0 Å². The average molecular weight is 310 g/mol. The third kappa shape index (κ3) is 3.58. The molecule has 5 heteroatoms. The summed E-state index contributed by atoms with van der Waals surface area (Å²) in [5.41, 5.74) is 2.67. The molecule has 1 aliphatic rings. The van der Waals surface area contributed by atoms with Crippen molar-refractivity contribution in [1.29, 1.82) is 0 Å². The van der Waals surface area contributed by atoms with Gasteiger partial charge >= 0.3 is 0 Å². The lowest BCUT2D eigenvalue weighted by Crippen LogP contribution is -2.36. The fraction of sp³-hybridized carbons (Fsp3) is 0.625. The maximum Gasteiger partial charge on any atom is 0.243 e. The number of nitrogens with one attached hydrogen (secondary N) is 1. The first-order valence-electron chi connectivity index (χ1n) is 7.82. The molecule has 1 N–H and O–H groups in total. The highest BCUT2D eigenvalue weighted by Gasteiger charge is 2.28. The molecule has 1 heterocycles. The molecule has 1 aliphatic heterocycles. The Morgan fingerprint density at radius 2 is 1.67 bits per heavy atom. The third-order valence-corrected chi connectivity index (χ3v) is 6.16. The van der Waals surface area contributed by atoms with Gasteiger partial charge < -0.3 is 5.32 Å². The summed E-state index contributed by atoms with van der Waals surface area (Å²) in [6.07, 6.45) is 4.11. The number of rotatable bonds is 5. The lowest BCUT2D eigenvalue weighted by Gasteiger charge is -2.27. The van der Waals surface area contributed by atoms with Crippen molar-refractivity contribution >= 4 is 15.7 Å². The molecule has 1 aromatic carbocycles. The zero-order chi connectivity index (χ0) is 15.5. The SMILES string of the molecule is CCCNc1cc(C)c(S(=O)(=O)N2CCCCC2)c(C)c1. The minimum Gasteiger partial charge on any atom is -0.385 e. The predicted molar refractivity (Wildman–Crippen MR) is 87.3 cm³/mol. The summed E-state index contributed by atoms with van der Waals surface area (Å²) in [4.78, 5) is 0.492. The number of benzene rings is 1. The lowest BCUT2D eigenvalue weighted by molar-refractivity contribution is 0.346. The molecule has 0 saturated carbocycles. The zero-order valence-electron chi connectivity index (χ0n) is 13.3. The molecule has 0 spiro atoms. The van der Waals surface area contributed by atoms with Gasteiger partial charge in [-0.05, 0) is 56.4 Å². The number of piperidine rings is 1. The van der Waals surface area contributed by atoms with E-state index >= 15 is 0 Å². The monoisotopic (exact) mass is 310 g/mol. The maximum atomic E-state index is 12.9. The van der Waals surface area contributed by atoms with Crippen LogP contribution in [0, 0.1) is 13.8 Å². The van der Waals surface area contributed by atoms with Crippen LogP contribution < -0.4 is 5.32 Å². The van der Waals surface area contributed by atoms with Crippen molar-refractivity contribution < 1.29 is 8.42 Å². The van der Waals surface area contributed by atoms with Crippen LogP contribution in [0.4, 0.5) is 5.69 Å². The van der Waals surface area contributed by atoms with Crippen LogP contribution in [0.5, 0.6) is 0 Å². The quantitative estimate of drug-likeness (QED) is 0.908. The van der Waals surface area contributed by atoms with E-state index in [-0.39, 0.29) is 0 Å². The predicted octanol–water partition coefficient (Wildman–Crippen LogP) is 3.30. The summed E-state index contributed by atoms with van der Waals surface area (Å²) < 4.78 is 27.4. The Kier molecular flexibility index (Phi) is 5.27. The van der Waals surface area contributed by atoms with Gasteiger partial charge in [0.25, 0.3) is 0 Å². The van der Waals surface area contributed by atoms with Crippen LogP contribution in [0.25, 0.3) is 0 Å². The van der Waals surface area contributed by atoms with Crippen LogP contribution in [0.3, 0.4) is 0 Å². The van der Waals surface area contributed by atoms with E-state index in [4.69, 9.17) is 0 Å². The minimum absolute atomic E-state index is 0.492. The summed E-state index contributed by atoms with van der Waals surface area (Å²) in [6.45, 7) is 8.09. The Bertz CT molecular complexity index is 567. The lowest BCUT2D eigenvalue weighted by atomic mass is 10.1. The zero-order valence-corrected chi connectivity index (χ0v) is 14.1. The maximum absolute atomic E-state index is 12.9. The van der Waals surface area contributed by atoms with Crippen molar-refractivity contribution in [2.45, 2.75) is 51.3 Å². The van der Waals surface area contributed by atoms with Crippen LogP contribution in [0.1, 0.15) is 43.7 Å². The fourth-order valence-electron chi connectivity index (χ4n) is 2.96. The number of hydrogen-bond acceptors (Lipinski definition) is 3. The highest BCUT2D eigenvalue weighted by Crippen LogP contribution is 2.28. The van der Waals surface area contributed by atoms with E-state index in [1.807, 2.05) is 26.0 Å². The van der Waals surface area contributed by atoms with E-state index in [0.717, 1.165) is 49.0 Å². The van der Waals surface area contributed by atoms with Gasteiger partial charge in [0, 0.05) is 25.3 Å². The molecule has 0 unspecified atom stereocenters. The molecule has 0 bridgehead atoms. The van der Waals surface area contributed by atoms with E-state index in [1.54, 1.807) is 4.31 Å². The van der Waals surface area contributed by atoms with Crippen LogP contribution in [-0.4, -0.2) is 32.4 Å². The molecule has 0 atom stereocenters. The Labute approximate surface area is 128 Å². The molecule has 118 valence electrons. The second kappa shape index (κ2) is 6.79. The summed E-state index contributed by atoms with van der Waals surface area (Å²) in [6, 6.07) is 3.89. The van der Waals surface area contributed by atoms with Gasteiger partial charge in [0.15, 0.2) is 0 Å². The third-order valence-electron chi connectivity index (χ3n) is 3.95. The van der Waals surface area contributed by atoms with E-state index in [0.29, 0.717) is 18.0 Å². The summed E-state index contributed by atoms with van der Waals surface area (Å²) in [5, 5.41) is 3.33. The molecule has 1 fully saturated rings. The number of anilines is 1.